The second-order valence-electron chi connectivity index (χ2n) is 4.23. The van der Waals surface area contributed by atoms with E-state index in [9.17, 15) is 0 Å². The average Bonchev–Trinajstić information content (AvgIpc) is 2.91. The number of aromatic nitrogens is 4. The van der Waals surface area contributed by atoms with Crippen LogP contribution in [-0.4, -0.2) is 19.5 Å². The molecule has 0 radical (unpaired) electrons. The smallest absolute Gasteiger partial charge is 0.165 e. The van der Waals surface area contributed by atoms with Crippen molar-refractivity contribution in [3.05, 3.63) is 32.9 Å². The van der Waals surface area contributed by atoms with Crippen LogP contribution in [0.3, 0.4) is 0 Å². The van der Waals surface area contributed by atoms with Crippen LogP contribution in [0, 0.1) is 6.92 Å². The molecule has 0 spiro atoms. The molecule has 3 heterocycles. The van der Waals surface area contributed by atoms with Crippen LogP contribution >= 0.6 is 27.3 Å². The SMILES string of the molecule is Cc1cc(Br)c(CNc2ncnc3c2ncn3C)s1. The summed E-state index contributed by atoms with van der Waals surface area (Å²) < 4.78 is 3.02. The highest BCUT2D eigenvalue weighted by atomic mass is 79.9. The van der Waals surface area contributed by atoms with E-state index in [0.29, 0.717) is 0 Å². The lowest BCUT2D eigenvalue weighted by molar-refractivity contribution is 0.928. The highest BCUT2D eigenvalue weighted by molar-refractivity contribution is 9.10. The van der Waals surface area contributed by atoms with Crippen molar-refractivity contribution in [1.29, 1.82) is 0 Å². The van der Waals surface area contributed by atoms with E-state index in [1.165, 1.54) is 9.75 Å². The third kappa shape index (κ3) is 2.35. The lowest BCUT2D eigenvalue weighted by Gasteiger charge is -2.04. The molecule has 0 aliphatic rings. The Labute approximate surface area is 122 Å². The molecule has 3 aromatic rings. The molecule has 3 aromatic heterocycles. The molecule has 0 aliphatic carbocycles. The van der Waals surface area contributed by atoms with Gasteiger partial charge in [-0.05, 0) is 28.9 Å². The summed E-state index contributed by atoms with van der Waals surface area (Å²) in [6.45, 7) is 2.82. The van der Waals surface area contributed by atoms with E-state index >= 15 is 0 Å². The van der Waals surface area contributed by atoms with Crippen LogP contribution in [0.25, 0.3) is 11.2 Å². The predicted molar refractivity (Wildman–Crippen MR) is 80.4 cm³/mol. The van der Waals surface area contributed by atoms with E-state index < -0.39 is 0 Å². The van der Waals surface area contributed by atoms with Gasteiger partial charge in [-0.25, -0.2) is 15.0 Å². The fourth-order valence-electron chi connectivity index (χ4n) is 1.89. The topological polar surface area (TPSA) is 55.6 Å². The van der Waals surface area contributed by atoms with Crippen LogP contribution in [0.5, 0.6) is 0 Å². The third-order valence-electron chi connectivity index (χ3n) is 2.79. The molecule has 7 heteroatoms. The minimum Gasteiger partial charge on any atom is -0.363 e. The summed E-state index contributed by atoms with van der Waals surface area (Å²) in [5, 5.41) is 3.32. The van der Waals surface area contributed by atoms with Crippen molar-refractivity contribution in [2.45, 2.75) is 13.5 Å². The van der Waals surface area contributed by atoms with E-state index in [-0.39, 0.29) is 0 Å². The lowest BCUT2D eigenvalue weighted by atomic mass is 10.4. The van der Waals surface area contributed by atoms with Crippen molar-refractivity contribution in [2.75, 3.05) is 5.32 Å². The molecule has 19 heavy (non-hydrogen) atoms. The summed E-state index contributed by atoms with van der Waals surface area (Å²) in [6.07, 6.45) is 3.30. The Kier molecular flexibility index (Phi) is 3.24. The Morgan fingerprint density at radius 3 is 2.95 bits per heavy atom. The first-order chi connectivity index (χ1) is 9.15. The van der Waals surface area contributed by atoms with Gasteiger partial charge in [-0.2, -0.15) is 0 Å². The van der Waals surface area contributed by atoms with Gasteiger partial charge in [0.15, 0.2) is 11.5 Å². The van der Waals surface area contributed by atoms with Crippen LogP contribution in [0.1, 0.15) is 9.75 Å². The number of fused-ring (bicyclic) bond motifs is 1. The minimum absolute atomic E-state index is 0.724. The fraction of sp³-hybridized carbons (Fsp3) is 0.250. The zero-order valence-corrected chi connectivity index (χ0v) is 12.9. The Bertz CT molecular complexity index is 733. The standard InChI is InChI=1S/C12H12BrN5S/c1-7-3-8(13)9(19-7)4-14-11-10-12(16-5-15-11)18(2)6-17-10/h3,5-6H,4H2,1-2H3,(H,14,15,16). The zero-order chi connectivity index (χ0) is 13.4. The molecule has 1 N–H and O–H groups in total. The molecule has 0 atom stereocenters. The molecule has 5 nitrogen and oxygen atoms in total. The summed E-state index contributed by atoms with van der Waals surface area (Å²) >= 11 is 5.33. The molecule has 98 valence electrons. The monoisotopic (exact) mass is 337 g/mol. The Morgan fingerprint density at radius 2 is 2.21 bits per heavy atom. The fourth-order valence-corrected chi connectivity index (χ4v) is 3.63. The van der Waals surface area contributed by atoms with Crippen molar-refractivity contribution in [3.63, 3.8) is 0 Å². The number of rotatable bonds is 3. The van der Waals surface area contributed by atoms with Crippen LogP contribution < -0.4 is 5.32 Å². The van der Waals surface area contributed by atoms with Crippen molar-refractivity contribution in [1.82, 2.24) is 19.5 Å². The first kappa shape index (κ1) is 12.6. The maximum Gasteiger partial charge on any atom is 0.165 e. The number of thiophene rings is 1. The van der Waals surface area contributed by atoms with E-state index in [2.05, 4.69) is 49.2 Å². The van der Waals surface area contributed by atoms with E-state index in [4.69, 9.17) is 0 Å². The Balaban J connectivity index is 1.88. The van der Waals surface area contributed by atoms with Gasteiger partial charge < -0.3 is 9.88 Å². The molecule has 0 unspecified atom stereocenters. The van der Waals surface area contributed by atoms with Crippen molar-refractivity contribution in [2.24, 2.45) is 7.05 Å². The quantitative estimate of drug-likeness (QED) is 0.797. The summed E-state index contributed by atoms with van der Waals surface area (Å²) in [5.74, 6) is 0.767. The lowest BCUT2D eigenvalue weighted by Crippen LogP contribution is -2.02. The largest absolute Gasteiger partial charge is 0.363 e. The number of hydrogen-bond donors (Lipinski definition) is 1. The zero-order valence-electron chi connectivity index (χ0n) is 10.5. The van der Waals surface area contributed by atoms with Crippen molar-refractivity contribution < 1.29 is 0 Å². The predicted octanol–water partition coefficient (Wildman–Crippen LogP) is 3.11. The van der Waals surface area contributed by atoms with Gasteiger partial charge >= 0.3 is 0 Å². The second kappa shape index (κ2) is 4.90. The van der Waals surface area contributed by atoms with Gasteiger partial charge in [0.1, 0.15) is 11.8 Å². The highest BCUT2D eigenvalue weighted by Gasteiger charge is 2.09. The molecule has 0 aliphatic heterocycles. The average molecular weight is 338 g/mol. The van der Waals surface area contributed by atoms with Crippen LogP contribution in [0.2, 0.25) is 0 Å². The summed E-state index contributed by atoms with van der Waals surface area (Å²) in [5.41, 5.74) is 1.63. The number of anilines is 1. The van der Waals surface area contributed by atoms with Gasteiger partial charge in [0, 0.05) is 21.3 Å². The van der Waals surface area contributed by atoms with Crippen LogP contribution in [0.4, 0.5) is 5.82 Å². The van der Waals surface area contributed by atoms with E-state index in [1.54, 1.807) is 24.0 Å². The molecule has 3 rings (SSSR count). The highest BCUT2D eigenvalue weighted by Crippen LogP contribution is 2.28. The summed E-state index contributed by atoms with van der Waals surface area (Å²) in [6, 6.07) is 2.12. The number of hydrogen-bond acceptors (Lipinski definition) is 5. The van der Waals surface area contributed by atoms with E-state index in [0.717, 1.165) is 28.0 Å². The molecular weight excluding hydrogens is 326 g/mol. The summed E-state index contributed by atoms with van der Waals surface area (Å²) in [7, 11) is 1.92. The van der Waals surface area contributed by atoms with Crippen molar-refractivity contribution in [3.8, 4) is 0 Å². The van der Waals surface area contributed by atoms with Crippen molar-refractivity contribution >= 4 is 44.2 Å². The molecule has 0 amide bonds. The van der Waals surface area contributed by atoms with Gasteiger partial charge in [0.25, 0.3) is 0 Å². The van der Waals surface area contributed by atoms with Gasteiger partial charge in [0.2, 0.25) is 0 Å². The van der Waals surface area contributed by atoms with Crippen LogP contribution in [-0.2, 0) is 13.6 Å². The third-order valence-corrected chi connectivity index (χ3v) is 4.81. The molecule has 0 saturated carbocycles. The number of imidazole rings is 1. The van der Waals surface area contributed by atoms with Gasteiger partial charge in [0.05, 0.1) is 12.9 Å². The number of nitrogens with one attached hydrogen (secondary N) is 1. The van der Waals surface area contributed by atoms with Gasteiger partial charge in [-0.1, -0.05) is 0 Å². The second-order valence-corrected chi connectivity index (χ2v) is 6.43. The molecule has 0 aromatic carbocycles. The van der Waals surface area contributed by atoms with E-state index in [1.807, 2.05) is 11.6 Å². The Hall–Kier alpha value is -1.47. The van der Waals surface area contributed by atoms with Gasteiger partial charge in [-0.15, -0.1) is 11.3 Å². The number of halogens is 1. The normalized spacial score (nSPS) is 11.1. The summed E-state index contributed by atoms with van der Waals surface area (Å²) in [4.78, 5) is 15.3. The molecule has 0 fully saturated rings. The first-order valence-electron chi connectivity index (χ1n) is 5.76. The molecule has 0 saturated heterocycles. The molecule has 0 bridgehead atoms. The maximum atomic E-state index is 4.33. The first-order valence-corrected chi connectivity index (χ1v) is 7.37. The maximum absolute atomic E-state index is 4.33. The Morgan fingerprint density at radius 1 is 1.37 bits per heavy atom. The van der Waals surface area contributed by atoms with Gasteiger partial charge in [-0.3, -0.25) is 0 Å². The number of aryl methyl sites for hydroxylation is 2. The number of nitrogens with zero attached hydrogens (tertiary/aromatic N) is 4. The molecular formula is C12H12BrN5S. The van der Waals surface area contributed by atoms with Crippen LogP contribution in [0.15, 0.2) is 23.2 Å². The minimum atomic E-state index is 0.724.